The Bertz CT molecular complexity index is 979. The highest BCUT2D eigenvalue weighted by Gasteiger charge is 2.26. The molecule has 1 aromatic heterocycles. The number of fused-ring (bicyclic) bond motifs is 1. The SMILES string of the molecule is Cc1ccc(CN2CCCn3nc(C(=O)NCC(=O)NCC4CCCO4)cc3C2=O)cc1. The minimum absolute atomic E-state index is 0.0484. The molecule has 9 heteroatoms. The summed E-state index contributed by atoms with van der Waals surface area (Å²) in [5.74, 6) is -0.908. The lowest BCUT2D eigenvalue weighted by molar-refractivity contribution is -0.120. The van der Waals surface area contributed by atoms with E-state index in [2.05, 4.69) is 15.7 Å². The summed E-state index contributed by atoms with van der Waals surface area (Å²) in [7, 11) is 0. The van der Waals surface area contributed by atoms with Crippen LogP contribution in [0.5, 0.6) is 0 Å². The fourth-order valence-electron chi connectivity index (χ4n) is 3.96. The molecule has 0 bridgehead atoms. The highest BCUT2D eigenvalue weighted by atomic mass is 16.5. The number of hydrogen-bond donors (Lipinski definition) is 2. The molecule has 0 saturated carbocycles. The van der Waals surface area contributed by atoms with Gasteiger partial charge in [0, 0.05) is 38.9 Å². The number of nitrogens with zero attached hydrogens (tertiary/aromatic N) is 3. The van der Waals surface area contributed by atoms with Gasteiger partial charge in [0.25, 0.3) is 11.8 Å². The van der Waals surface area contributed by atoms with Gasteiger partial charge in [-0.25, -0.2) is 0 Å². The summed E-state index contributed by atoms with van der Waals surface area (Å²) in [6, 6.07) is 9.61. The second-order valence-electron chi connectivity index (χ2n) is 8.33. The third kappa shape index (κ3) is 5.34. The molecule has 3 heterocycles. The van der Waals surface area contributed by atoms with E-state index in [1.54, 1.807) is 9.58 Å². The number of carbonyl (C=O) groups excluding carboxylic acids is 3. The summed E-state index contributed by atoms with van der Waals surface area (Å²) < 4.78 is 7.05. The molecule has 9 nitrogen and oxygen atoms in total. The van der Waals surface area contributed by atoms with Gasteiger partial charge in [0.05, 0.1) is 12.6 Å². The first-order chi connectivity index (χ1) is 15.5. The topological polar surface area (TPSA) is 106 Å². The molecule has 1 saturated heterocycles. The number of carbonyl (C=O) groups is 3. The van der Waals surface area contributed by atoms with Crippen LogP contribution in [-0.2, 0) is 22.6 Å². The van der Waals surface area contributed by atoms with Crippen LogP contribution in [0.25, 0.3) is 0 Å². The first kappa shape index (κ1) is 22.0. The molecule has 3 amide bonds. The second-order valence-corrected chi connectivity index (χ2v) is 8.33. The van der Waals surface area contributed by atoms with E-state index in [4.69, 9.17) is 4.74 Å². The minimum Gasteiger partial charge on any atom is -0.376 e. The number of amides is 3. The Morgan fingerprint density at radius 2 is 1.97 bits per heavy atom. The lowest BCUT2D eigenvalue weighted by atomic mass is 10.1. The van der Waals surface area contributed by atoms with E-state index in [0.717, 1.165) is 31.4 Å². The predicted molar refractivity (Wildman–Crippen MR) is 117 cm³/mol. The van der Waals surface area contributed by atoms with Gasteiger partial charge in [-0.2, -0.15) is 5.10 Å². The van der Waals surface area contributed by atoms with Gasteiger partial charge in [0.1, 0.15) is 5.69 Å². The molecule has 1 fully saturated rings. The molecule has 2 aliphatic heterocycles. The van der Waals surface area contributed by atoms with Crippen molar-refractivity contribution in [2.24, 2.45) is 0 Å². The van der Waals surface area contributed by atoms with Crippen molar-refractivity contribution >= 4 is 17.7 Å². The van der Waals surface area contributed by atoms with Crippen LogP contribution in [0.2, 0.25) is 0 Å². The van der Waals surface area contributed by atoms with Crippen molar-refractivity contribution in [3.8, 4) is 0 Å². The van der Waals surface area contributed by atoms with E-state index in [1.807, 2.05) is 31.2 Å². The van der Waals surface area contributed by atoms with Crippen molar-refractivity contribution in [3.63, 3.8) is 0 Å². The van der Waals surface area contributed by atoms with Gasteiger partial charge in [-0.1, -0.05) is 29.8 Å². The van der Waals surface area contributed by atoms with Gasteiger partial charge in [-0.3, -0.25) is 19.1 Å². The zero-order valence-corrected chi connectivity index (χ0v) is 18.3. The minimum atomic E-state index is -0.476. The van der Waals surface area contributed by atoms with E-state index in [-0.39, 0.29) is 30.2 Å². The molecule has 1 atom stereocenters. The zero-order chi connectivity index (χ0) is 22.5. The molecule has 0 aliphatic carbocycles. The fraction of sp³-hybridized carbons (Fsp3) is 0.478. The van der Waals surface area contributed by atoms with Crippen molar-refractivity contribution < 1.29 is 19.1 Å². The molecule has 4 rings (SSSR count). The van der Waals surface area contributed by atoms with E-state index in [0.29, 0.717) is 31.9 Å². The molecular formula is C23H29N5O4. The third-order valence-electron chi connectivity index (χ3n) is 5.77. The summed E-state index contributed by atoms with van der Waals surface area (Å²) in [4.78, 5) is 39.4. The number of benzene rings is 1. The molecule has 170 valence electrons. The number of aryl methyl sites for hydroxylation is 2. The van der Waals surface area contributed by atoms with Crippen LogP contribution in [0.4, 0.5) is 0 Å². The Morgan fingerprint density at radius 3 is 2.72 bits per heavy atom. The van der Waals surface area contributed by atoms with E-state index in [1.165, 1.54) is 11.6 Å². The van der Waals surface area contributed by atoms with Crippen molar-refractivity contribution in [1.82, 2.24) is 25.3 Å². The van der Waals surface area contributed by atoms with Crippen LogP contribution in [0.3, 0.4) is 0 Å². The first-order valence-corrected chi connectivity index (χ1v) is 11.1. The number of hydrogen-bond acceptors (Lipinski definition) is 5. The van der Waals surface area contributed by atoms with Crippen LogP contribution >= 0.6 is 0 Å². The maximum Gasteiger partial charge on any atom is 0.272 e. The molecule has 0 spiro atoms. The third-order valence-corrected chi connectivity index (χ3v) is 5.77. The molecule has 1 aromatic carbocycles. The van der Waals surface area contributed by atoms with E-state index in [9.17, 15) is 14.4 Å². The van der Waals surface area contributed by atoms with Gasteiger partial charge in [0.2, 0.25) is 5.91 Å². The molecule has 0 radical (unpaired) electrons. The summed E-state index contributed by atoms with van der Waals surface area (Å²) >= 11 is 0. The Hall–Kier alpha value is -3.20. The van der Waals surface area contributed by atoms with Gasteiger partial charge in [0.15, 0.2) is 5.69 Å². The second kappa shape index (κ2) is 9.95. The lowest BCUT2D eigenvalue weighted by Gasteiger charge is -2.20. The molecule has 2 aliphatic rings. The van der Waals surface area contributed by atoms with Crippen LogP contribution in [0.1, 0.15) is 51.4 Å². The molecular weight excluding hydrogens is 410 g/mol. The largest absolute Gasteiger partial charge is 0.376 e. The van der Waals surface area contributed by atoms with Crippen molar-refractivity contribution in [1.29, 1.82) is 0 Å². The first-order valence-electron chi connectivity index (χ1n) is 11.1. The van der Waals surface area contributed by atoms with E-state index < -0.39 is 5.91 Å². The smallest absolute Gasteiger partial charge is 0.272 e. The Kier molecular flexibility index (Phi) is 6.84. The van der Waals surface area contributed by atoms with Crippen molar-refractivity contribution in [2.45, 2.75) is 45.4 Å². The van der Waals surface area contributed by atoms with Crippen LogP contribution < -0.4 is 10.6 Å². The summed E-state index contributed by atoms with van der Waals surface area (Å²) in [5, 5.41) is 9.65. The molecule has 32 heavy (non-hydrogen) atoms. The Morgan fingerprint density at radius 1 is 1.16 bits per heavy atom. The average Bonchev–Trinajstić information content (AvgIpc) is 3.44. The number of ether oxygens (including phenoxy) is 1. The normalized spacial score (nSPS) is 18.2. The van der Waals surface area contributed by atoms with Gasteiger partial charge in [-0.15, -0.1) is 0 Å². The molecule has 2 aromatic rings. The average molecular weight is 440 g/mol. The standard InChI is InChI=1S/C23H29N5O4/c1-16-5-7-17(8-6-16)15-27-9-3-10-28-20(23(27)31)12-19(26-28)22(30)25-14-21(29)24-13-18-4-2-11-32-18/h5-8,12,18H,2-4,9-11,13-15H2,1H3,(H,24,29)(H,25,30). The number of rotatable bonds is 7. The van der Waals surface area contributed by atoms with Gasteiger partial charge in [-0.05, 0) is 31.7 Å². The fourth-order valence-corrected chi connectivity index (χ4v) is 3.96. The molecule has 2 N–H and O–H groups in total. The Balaban J connectivity index is 1.34. The maximum atomic E-state index is 13.1. The maximum absolute atomic E-state index is 13.1. The monoisotopic (exact) mass is 439 g/mol. The highest BCUT2D eigenvalue weighted by molar-refractivity contribution is 5.99. The van der Waals surface area contributed by atoms with Crippen LogP contribution in [0, 0.1) is 6.92 Å². The van der Waals surface area contributed by atoms with Gasteiger partial charge >= 0.3 is 0 Å². The van der Waals surface area contributed by atoms with Crippen LogP contribution in [0.15, 0.2) is 30.3 Å². The van der Waals surface area contributed by atoms with Crippen molar-refractivity contribution in [3.05, 3.63) is 52.8 Å². The number of nitrogens with one attached hydrogen (secondary N) is 2. The van der Waals surface area contributed by atoms with Crippen LogP contribution in [-0.4, -0.2) is 64.7 Å². The summed E-state index contributed by atoms with van der Waals surface area (Å²) in [6.45, 7) is 4.74. The quantitative estimate of drug-likeness (QED) is 0.676. The number of aromatic nitrogens is 2. The highest BCUT2D eigenvalue weighted by Crippen LogP contribution is 2.17. The predicted octanol–water partition coefficient (Wildman–Crippen LogP) is 1.26. The Labute approximate surface area is 187 Å². The summed E-state index contributed by atoms with van der Waals surface area (Å²) in [5.41, 5.74) is 2.76. The lowest BCUT2D eigenvalue weighted by Crippen LogP contribution is -2.40. The molecule has 1 unspecified atom stereocenters. The van der Waals surface area contributed by atoms with Gasteiger partial charge < -0.3 is 20.3 Å². The van der Waals surface area contributed by atoms with Crippen molar-refractivity contribution in [2.75, 3.05) is 26.2 Å². The summed E-state index contributed by atoms with van der Waals surface area (Å²) in [6.07, 6.45) is 2.73. The van der Waals surface area contributed by atoms with E-state index >= 15 is 0 Å². The zero-order valence-electron chi connectivity index (χ0n) is 18.3.